The highest BCUT2D eigenvalue weighted by molar-refractivity contribution is 6.30. The molecule has 0 heterocycles. The van der Waals surface area contributed by atoms with Gasteiger partial charge in [-0.1, -0.05) is 30.7 Å². The van der Waals surface area contributed by atoms with Gasteiger partial charge in [0.05, 0.1) is 13.0 Å². The first-order valence-corrected chi connectivity index (χ1v) is 6.19. The molecular weight excluding hydrogens is 238 g/mol. The van der Waals surface area contributed by atoms with E-state index in [4.69, 9.17) is 16.3 Å². The molecule has 0 aliphatic carbocycles. The highest BCUT2D eigenvalue weighted by Gasteiger charge is 2.15. The van der Waals surface area contributed by atoms with Crippen molar-refractivity contribution in [2.24, 2.45) is 0 Å². The molecule has 0 bridgehead atoms. The Bertz CT molecular complexity index is 351. The molecule has 0 aliphatic rings. The summed E-state index contributed by atoms with van der Waals surface area (Å²) >= 11 is 5.84. The Morgan fingerprint density at radius 1 is 1.35 bits per heavy atom. The van der Waals surface area contributed by atoms with E-state index < -0.39 is 0 Å². The van der Waals surface area contributed by atoms with E-state index in [1.807, 2.05) is 38.1 Å². The van der Waals surface area contributed by atoms with E-state index in [-0.39, 0.29) is 12.0 Å². The van der Waals surface area contributed by atoms with Crippen LogP contribution < -0.4 is 5.32 Å². The minimum absolute atomic E-state index is 0.0173. The molecule has 0 aliphatic heterocycles. The zero-order chi connectivity index (χ0) is 12.7. The molecule has 0 radical (unpaired) electrons. The Labute approximate surface area is 107 Å². The molecule has 17 heavy (non-hydrogen) atoms. The van der Waals surface area contributed by atoms with Crippen LogP contribution in [0.15, 0.2) is 24.3 Å². The summed E-state index contributed by atoms with van der Waals surface area (Å²) < 4.78 is 4.96. The number of benzene rings is 1. The summed E-state index contributed by atoms with van der Waals surface area (Å²) in [5.41, 5.74) is 1.05. The maximum Gasteiger partial charge on any atom is 0.307 e. The Balaban J connectivity index is 2.71. The fourth-order valence-corrected chi connectivity index (χ4v) is 1.76. The maximum absolute atomic E-state index is 11.5. The van der Waals surface area contributed by atoms with Crippen molar-refractivity contribution >= 4 is 17.6 Å². The Hall–Kier alpha value is -1.06. The standard InChI is InChI=1S/C13H18ClNO2/c1-3-15-12(9-13(16)17-4-2)10-5-7-11(14)8-6-10/h5-8,12,15H,3-4,9H2,1-2H3. The first-order valence-electron chi connectivity index (χ1n) is 5.81. The fraction of sp³-hybridized carbons (Fsp3) is 0.462. The van der Waals surface area contributed by atoms with Crippen molar-refractivity contribution in [3.8, 4) is 0 Å². The van der Waals surface area contributed by atoms with Gasteiger partial charge in [-0.25, -0.2) is 0 Å². The molecule has 4 heteroatoms. The van der Waals surface area contributed by atoms with Crippen molar-refractivity contribution in [2.45, 2.75) is 26.3 Å². The topological polar surface area (TPSA) is 38.3 Å². The van der Waals surface area contributed by atoms with Gasteiger partial charge in [-0.05, 0) is 31.2 Å². The van der Waals surface area contributed by atoms with Gasteiger partial charge in [0.2, 0.25) is 0 Å². The molecule has 0 saturated carbocycles. The van der Waals surface area contributed by atoms with Gasteiger partial charge in [-0.3, -0.25) is 4.79 Å². The van der Waals surface area contributed by atoms with Gasteiger partial charge in [-0.15, -0.1) is 0 Å². The highest BCUT2D eigenvalue weighted by atomic mass is 35.5. The van der Waals surface area contributed by atoms with E-state index in [0.717, 1.165) is 12.1 Å². The van der Waals surface area contributed by atoms with Crippen molar-refractivity contribution in [1.82, 2.24) is 5.32 Å². The zero-order valence-corrected chi connectivity index (χ0v) is 11.0. The number of nitrogens with one attached hydrogen (secondary N) is 1. The van der Waals surface area contributed by atoms with Crippen molar-refractivity contribution in [2.75, 3.05) is 13.2 Å². The van der Waals surface area contributed by atoms with Crippen molar-refractivity contribution in [3.05, 3.63) is 34.9 Å². The molecule has 0 amide bonds. The largest absolute Gasteiger partial charge is 0.466 e. The third-order valence-corrected chi connectivity index (χ3v) is 2.65. The van der Waals surface area contributed by atoms with Crippen LogP contribution in [-0.4, -0.2) is 19.1 Å². The van der Waals surface area contributed by atoms with Crippen LogP contribution in [0.5, 0.6) is 0 Å². The van der Waals surface area contributed by atoms with Gasteiger partial charge in [0.15, 0.2) is 0 Å². The number of carbonyl (C=O) groups is 1. The van der Waals surface area contributed by atoms with E-state index in [1.165, 1.54) is 0 Å². The lowest BCUT2D eigenvalue weighted by atomic mass is 10.0. The van der Waals surface area contributed by atoms with Crippen LogP contribution >= 0.6 is 11.6 Å². The van der Waals surface area contributed by atoms with Gasteiger partial charge < -0.3 is 10.1 Å². The van der Waals surface area contributed by atoms with Gasteiger partial charge in [0.1, 0.15) is 0 Å². The van der Waals surface area contributed by atoms with Crippen molar-refractivity contribution in [3.63, 3.8) is 0 Å². The van der Waals surface area contributed by atoms with Crippen LogP contribution in [0.3, 0.4) is 0 Å². The first kappa shape index (κ1) is 14.0. The third kappa shape index (κ3) is 4.75. The average Bonchev–Trinajstić information content (AvgIpc) is 2.30. The normalized spacial score (nSPS) is 12.2. The molecular formula is C13H18ClNO2. The van der Waals surface area contributed by atoms with Crippen LogP contribution in [0.25, 0.3) is 0 Å². The van der Waals surface area contributed by atoms with E-state index in [9.17, 15) is 4.79 Å². The maximum atomic E-state index is 11.5. The molecule has 3 nitrogen and oxygen atoms in total. The summed E-state index contributed by atoms with van der Waals surface area (Å²) in [6, 6.07) is 7.49. The average molecular weight is 256 g/mol. The molecule has 94 valence electrons. The highest BCUT2D eigenvalue weighted by Crippen LogP contribution is 2.19. The number of hydrogen-bond acceptors (Lipinski definition) is 3. The Kier molecular flexibility index (Phi) is 6.01. The quantitative estimate of drug-likeness (QED) is 0.795. The summed E-state index contributed by atoms with van der Waals surface area (Å²) in [7, 11) is 0. The molecule has 1 unspecified atom stereocenters. The molecule has 0 spiro atoms. The molecule has 0 saturated heterocycles. The van der Waals surface area contributed by atoms with Crippen LogP contribution in [0.4, 0.5) is 0 Å². The number of rotatable bonds is 6. The number of halogens is 1. The van der Waals surface area contributed by atoms with Crippen LogP contribution in [-0.2, 0) is 9.53 Å². The predicted molar refractivity (Wildman–Crippen MR) is 69.1 cm³/mol. The number of carbonyl (C=O) groups excluding carboxylic acids is 1. The van der Waals surface area contributed by atoms with Crippen LogP contribution in [0.2, 0.25) is 5.02 Å². The lowest BCUT2D eigenvalue weighted by Crippen LogP contribution is -2.24. The van der Waals surface area contributed by atoms with E-state index in [1.54, 1.807) is 0 Å². The molecule has 0 aromatic heterocycles. The lowest BCUT2D eigenvalue weighted by molar-refractivity contribution is -0.143. The van der Waals surface area contributed by atoms with Crippen molar-refractivity contribution in [1.29, 1.82) is 0 Å². The third-order valence-electron chi connectivity index (χ3n) is 2.40. The van der Waals surface area contributed by atoms with Gasteiger partial charge in [0, 0.05) is 11.1 Å². The SMILES string of the molecule is CCNC(CC(=O)OCC)c1ccc(Cl)cc1. The van der Waals surface area contributed by atoms with Gasteiger partial charge in [-0.2, -0.15) is 0 Å². The van der Waals surface area contributed by atoms with Crippen LogP contribution in [0.1, 0.15) is 31.9 Å². The van der Waals surface area contributed by atoms with E-state index >= 15 is 0 Å². The number of hydrogen-bond donors (Lipinski definition) is 1. The molecule has 0 fully saturated rings. The molecule has 1 aromatic rings. The van der Waals surface area contributed by atoms with Crippen LogP contribution in [0, 0.1) is 0 Å². The van der Waals surface area contributed by atoms with Crippen molar-refractivity contribution < 1.29 is 9.53 Å². The van der Waals surface area contributed by atoms with E-state index in [0.29, 0.717) is 18.1 Å². The Morgan fingerprint density at radius 3 is 2.53 bits per heavy atom. The second kappa shape index (κ2) is 7.30. The zero-order valence-electron chi connectivity index (χ0n) is 10.2. The predicted octanol–water partition coefficient (Wildman–Crippen LogP) is 2.94. The smallest absolute Gasteiger partial charge is 0.307 e. The minimum Gasteiger partial charge on any atom is -0.466 e. The number of ether oxygens (including phenoxy) is 1. The monoisotopic (exact) mass is 255 g/mol. The minimum atomic E-state index is -0.187. The molecule has 1 atom stereocenters. The van der Waals surface area contributed by atoms with E-state index in [2.05, 4.69) is 5.32 Å². The van der Waals surface area contributed by atoms with Gasteiger partial charge in [0.25, 0.3) is 0 Å². The molecule has 1 aromatic carbocycles. The summed E-state index contributed by atoms with van der Waals surface area (Å²) in [4.78, 5) is 11.5. The lowest BCUT2D eigenvalue weighted by Gasteiger charge is -2.17. The second-order valence-corrected chi connectivity index (χ2v) is 4.11. The Morgan fingerprint density at radius 2 is 2.00 bits per heavy atom. The first-order chi connectivity index (χ1) is 8.17. The summed E-state index contributed by atoms with van der Waals surface area (Å²) in [6.07, 6.45) is 0.337. The summed E-state index contributed by atoms with van der Waals surface area (Å²) in [5.74, 6) is -0.187. The number of esters is 1. The second-order valence-electron chi connectivity index (χ2n) is 3.67. The molecule has 1 rings (SSSR count). The summed E-state index contributed by atoms with van der Waals surface area (Å²) in [5, 5.41) is 3.96. The van der Waals surface area contributed by atoms with Gasteiger partial charge >= 0.3 is 5.97 Å². The summed E-state index contributed by atoms with van der Waals surface area (Å²) in [6.45, 7) is 5.03. The fourth-order valence-electron chi connectivity index (χ4n) is 1.64. The molecule has 1 N–H and O–H groups in total.